The maximum atomic E-state index is 12.8. The second kappa shape index (κ2) is 4.88. The number of carbonyl (C=O) groups excluding carboxylic acids is 1. The number of cyclic esters (lactones) is 1. The van der Waals surface area contributed by atoms with Crippen molar-refractivity contribution in [2.45, 2.75) is 25.0 Å². The molecule has 17 heavy (non-hydrogen) atoms. The summed E-state index contributed by atoms with van der Waals surface area (Å²) in [5, 5.41) is 2.96. The summed E-state index contributed by atoms with van der Waals surface area (Å²) < 4.78 is 30.9. The summed E-state index contributed by atoms with van der Waals surface area (Å²) in [5.41, 5.74) is 0. The van der Waals surface area contributed by atoms with Gasteiger partial charge in [0, 0.05) is 18.0 Å². The van der Waals surface area contributed by atoms with Gasteiger partial charge in [0.05, 0.1) is 10.8 Å². The van der Waals surface area contributed by atoms with Crippen molar-refractivity contribution >= 4 is 28.9 Å². The Kier molecular flexibility index (Phi) is 3.65. The fourth-order valence-corrected chi connectivity index (χ4v) is 2.62. The molecule has 0 saturated carbocycles. The Bertz CT molecular complexity index is 424. The largest absolute Gasteiger partial charge is 0.456 e. The minimum absolute atomic E-state index is 0.219. The Morgan fingerprint density at radius 1 is 1.59 bits per heavy atom. The highest BCUT2D eigenvalue weighted by atomic mass is 35.5. The number of esters is 1. The zero-order chi connectivity index (χ0) is 12.5. The van der Waals surface area contributed by atoms with Crippen molar-refractivity contribution in [1.29, 1.82) is 0 Å². The first kappa shape index (κ1) is 12.7. The minimum Gasteiger partial charge on any atom is -0.456 e. The molecule has 1 aliphatic heterocycles. The Labute approximate surface area is 106 Å². The summed E-state index contributed by atoms with van der Waals surface area (Å²) in [7, 11) is 0. The number of thiophene rings is 1. The molecule has 0 aromatic carbocycles. The van der Waals surface area contributed by atoms with Gasteiger partial charge in [0.2, 0.25) is 0 Å². The Balaban J connectivity index is 1.75. The lowest BCUT2D eigenvalue weighted by atomic mass is 10.2. The monoisotopic (exact) mass is 281 g/mol. The van der Waals surface area contributed by atoms with Crippen molar-refractivity contribution in [3.8, 4) is 0 Å². The lowest BCUT2D eigenvalue weighted by Crippen LogP contribution is -2.26. The van der Waals surface area contributed by atoms with Crippen LogP contribution in [0.1, 0.15) is 11.3 Å². The third-order valence-corrected chi connectivity index (χ3v) is 3.59. The number of hydrogen-bond donors (Lipinski definition) is 1. The molecule has 0 amide bonds. The molecule has 0 radical (unpaired) electrons. The quantitative estimate of drug-likeness (QED) is 0.862. The molecular weight excluding hydrogens is 272 g/mol. The predicted molar refractivity (Wildman–Crippen MR) is 60.5 cm³/mol. The molecule has 1 aromatic heterocycles. The molecule has 0 aliphatic carbocycles. The molecule has 1 saturated heterocycles. The van der Waals surface area contributed by atoms with Crippen LogP contribution in [0.2, 0.25) is 4.34 Å². The fraction of sp³-hybridized carbons (Fsp3) is 0.500. The van der Waals surface area contributed by atoms with Crippen LogP contribution in [0.5, 0.6) is 0 Å². The fourth-order valence-electron chi connectivity index (χ4n) is 1.57. The smallest absolute Gasteiger partial charge is 0.377 e. The third-order valence-electron chi connectivity index (χ3n) is 2.36. The van der Waals surface area contributed by atoms with Gasteiger partial charge >= 0.3 is 11.9 Å². The van der Waals surface area contributed by atoms with Crippen LogP contribution in [0.4, 0.5) is 8.78 Å². The van der Waals surface area contributed by atoms with Crippen LogP contribution in [0.3, 0.4) is 0 Å². The maximum absolute atomic E-state index is 12.8. The summed E-state index contributed by atoms with van der Waals surface area (Å²) in [5.74, 6) is -4.76. The molecule has 0 bridgehead atoms. The van der Waals surface area contributed by atoms with Gasteiger partial charge in [-0.2, -0.15) is 8.78 Å². The van der Waals surface area contributed by atoms with Crippen molar-refractivity contribution in [2.24, 2.45) is 0 Å². The molecule has 3 nitrogen and oxygen atoms in total. The first-order chi connectivity index (χ1) is 7.97. The molecule has 2 heterocycles. The van der Waals surface area contributed by atoms with Crippen molar-refractivity contribution in [3.05, 3.63) is 21.3 Å². The summed E-state index contributed by atoms with van der Waals surface area (Å²) in [4.78, 5) is 11.7. The van der Waals surface area contributed by atoms with E-state index in [1.807, 2.05) is 6.07 Å². The topological polar surface area (TPSA) is 38.3 Å². The van der Waals surface area contributed by atoms with Crippen LogP contribution in [0.15, 0.2) is 12.1 Å². The highest BCUT2D eigenvalue weighted by Crippen LogP contribution is 2.30. The number of ether oxygens (including phenoxy) is 1. The Hall–Kier alpha value is -0.720. The molecule has 2 rings (SSSR count). The molecule has 1 aliphatic rings. The summed E-state index contributed by atoms with van der Waals surface area (Å²) in [6.45, 7) is 0.744. The van der Waals surface area contributed by atoms with E-state index in [1.165, 1.54) is 11.3 Å². The number of nitrogens with one attached hydrogen (secondary N) is 1. The molecule has 1 N–H and O–H groups in total. The highest BCUT2D eigenvalue weighted by Gasteiger charge is 2.50. The van der Waals surface area contributed by atoms with Gasteiger partial charge in [0.15, 0.2) is 0 Å². The molecule has 94 valence electrons. The van der Waals surface area contributed by atoms with E-state index in [4.69, 9.17) is 11.6 Å². The average molecular weight is 282 g/mol. The standard InChI is InChI=1S/C10H10ClF2NO2S/c11-8-2-1-7(17-8)5-14-4-6-3-10(12,13)9(15)16-6/h1-2,6,14H,3-5H2. The van der Waals surface area contributed by atoms with Gasteiger partial charge in [-0.15, -0.1) is 11.3 Å². The molecule has 1 aromatic rings. The Morgan fingerprint density at radius 3 is 2.88 bits per heavy atom. The first-order valence-corrected chi connectivity index (χ1v) is 6.21. The van der Waals surface area contributed by atoms with Crippen molar-refractivity contribution < 1.29 is 18.3 Å². The predicted octanol–water partition coefficient (Wildman–Crippen LogP) is 2.44. The van der Waals surface area contributed by atoms with E-state index < -0.39 is 24.4 Å². The normalized spacial score (nSPS) is 22.8. The summed E-state index contributed by atoms with van der Waals surface area (Å²) >= 11 is 7.16. The number of hydrogen-bond acceptors (Lipinski definition) is 4. The summed E-state index contributed by atoms with van der Waals surface area (Å²) in [6.07, 6.45) is -1.31. The van der Waals surface area contributed by atoms with E-state index in [2.05, 4.69) is 10.1 Å². The lowest BCUT2D eigenvalue weighted by molar-refractivity contribution is -0.159. The SMILES string of the molecule is O=C1OC(CNCc2ccc(Cl)s2)CC1(F)F. The second-order valence-electron chi connectivity index (χ2n) is 3.77. The highest BCUT2D eigenvalue weighted by molar-refractivity contribution is 7.16. The van der Waals surface area contributed by atoms with Gasteiger partial charge in [-0.25, -0.2) is 4.79 Å². The molecule has 1 unspecified atom stereocenters. The van der Waals surface area contributed by atoms with Crippen LogP contribution in [0, 0.1) is 0 Å². The molecule has 1 fully saturated rings. The third kappa shape index (κ3) is 3.14. The summed E-state index contributed by atoms with van der Waals surface area (Å²) in [6, 6.07) is 3.63. The average Bonchev–Trinajstić information content (AvgIpc) is 2.73. The zero-order valence-electron chi connectivity index (χ0n) is 8.71. The molecule has 0 spiro atoms. The van der Waals surface area contributed by atoms with Crippen LogP contribution in [-0.2, 0) is 16.1 Å². The van der Waals surface area contributed by atoms with Gasteiger partial charge in [0.25, 0.3) is 0 Å². The number of rotatable bonds is 4. The van der Waals surface area contributed by atoms with Crippen molar-refractivity contribution in [1.82, 2.24) is 5.32 Å². The van der Waals surface area contributed by atoms with E-state index >= 15 is 0 Å². The van der Waals surface area contributed by atoms with Crippen LogP contribution < -0.4 is 5.32 Å². The maximum Gasteiger partial charge on any atom is 0.377 e. The minimum atomic E-state index is -3.33. The van der Waals surface area contributed by atoms with Crippen molar-refractivity contribution in [2.75, 3.05) is 6.54 Å². The van der Waals surface area contributed by atoms with Gasteiger partial charge < -0.3 is 10.1 Å². The molecule has 7 heteroatoms. The number of alkyl halides is 2. The van der Waals surface area contributed by atoms with Gasteiger partial charge in [0.1, 0.15) is 6.10 Å². The second-order valence-corrected chi connectivity index (χ2v) is 5.57. The molecular formula is C10H10ClF2NO2S. The van der Waals surface area contributed by atoms with Crippen LogP contribution >= 0.6 is 22.9 Å². The van der Waals surface area contributed by atoms with E-state index in [9.17, 15) is 13.6 Å². The lowest BCUT2D eigenvalue weighted by Gasteiger charge is -2.08. The molecule has 1 atom stereocenters. The van der Waals surface area contributed by atoms with E-state index in [-0.39, 0.29) is 6.54 Å². The number of carbonyl (C=O) groups is 1. The van der Waals surface area contributed by atoms with E-state index in [0.29, 0.717) is 10.9 Å². The van der Waals surface area contributed by atoms with Crippen LogP contribution in [-0.4, -0.2) is 24.5 Å². The first-order valence-electron chi connectivity index (χ1n) is 5.01. The van der Waals surface area contributed by atoms with Crippen LogP contribution in [0.25, 0.3) is 0 Å². The van der Waals surface area contributed by atoms with Crippen molar-refractivity contribution in [3.63, 3.8) is 0 Å². The van der Waals surface area contributed by atoms with E-state index in [0.717, 1.165) is 4.88 Å². The number of halogens is 3. The van der Waals surface area contributed by atoms with Gasteiger partial charge in [-0.05, 0) is 12.1 Å². The van der Waals surface area contributed by atoms with Gasteiger partial charge in [-0.1, -0.05) is 11.6 Å². The zero-order valence-corrected chi connectivity index (χ0v) is 10.3. The van der Waals surface area contributed by atoms with Gasteiger partial charge in [-0.3, -0.25) is 0 Å². The Morgan fingerprint density at radius 2 is 2.35 bits per heavy atom. The van der Waals surface area contributed by atoms with E-state index in [1.54, 1.807) is 6.07 Å².